The molecule has 0 aliphatic rings. The summed E-state index contributed by atoms with van der Waals surface area (Å²) < 4.78 is 4.71. The molecular formula is C9H15NOS. The molecule has 0 amide bonds. The zero-order valence-electron chi connectivity index (χ0n) is 7.34. The minimum atomic E-state index is 0.555. The fourth-order valence-corrected chi connectivity index (χ4v) is 0.828. The van der Waals surface area contributed by atoms with Crippen LogP contribution >= 0.6 is 12.9 Å². The lowest BCUT2D eigenvalue weighted by Gasteiger charge is -2.07. The number of allylic oxidation sites excluding steroid dienone is 2. The van der Waals surface area contributed by atoms with E-state index in [-0.39, 0.29) is 0 Å². The molecule has 0 aliphatic carbocycles. The number of hydrogen-bond donors (Lipinski definition) is 2. The Bertz CT molecular complexity index is 187. The molecule has 12 heavy (non-hydrogen) atoms. The molecule has 68 valence electrons. The van der Waals surface area contributed by atoms with E-state index in [1.165, 1.54) is 0 Å². The molecule has 2 nitrogen and oxygen atoms in total. The molecule has 0 fully saturated rings. The van der Waals surface area contributed by atoms with Gasteiger partial charge in [0, 0.05) is 25.0 Å². The Labute approximate surface area is 79.6 Å². The molecule has 0 rings (SSSR count). The molecule has 0 atom stereocenters. The van der Waals surface area contributed by atoms with E-state index in [0.29, 0.717) is 5.76 Å². The Morgan fingerprint density at radius 1 is 1.67 bits per heavy atom. The van der Waals surface area contributed by atoms with Gasteiger partial charge >= 0.3 is 0 Å². The second-order valence-electron chi connectivity index (χ2n) is 2.22. The maximum atomic E-state index is 4.71. The fraction of sp³-hybridized carbons (Fsp3) is 0.333. The molecule has 0 aromatic carbocycles. The van der Waals surface area contributed by atoms with Crippen molar-refractivity contribution in [3.63, 3.8) is 0 Å². The van der Waals surface area contributed by atoms with Crippen molar-refractivity contribution >= 4 is 12.9 Å². The first-order valence-electron chi connectivity index (χ1n) is 3.79. The van der Waals surface area contributed by atoms with Crippen molar-refractivity contribution in [3.05, 3.63) is 36.6 Å². The van der Waals surface area contributed by atoms with Crippen LogP contribution in [0.15, 0.2) is 36.6 Å². The normalized spacial score (nSPS) is 11.0. The quantitative estimate of drug-likeness (QED) is 0.286. The van der Waals surface area contributed by atoms with Gasteiger partial charge in [0.15, 0.2) is 0 Å². The Balaban J connectivity index is 4.13. The van der Waals surface area contributed by atoms with E-state index in [1.54, 1.807) is 6.08 Å². The van der Waals surface area contributed by atoms with Crippen molar-refractivity contribution < 1.29 is 4.18 Å². The largest absolute Gasteiger partial charge is 0.429 e. The van der Waals surface area contributed by atoms with Gasteiger partial charge in [-0.1, -0.05) is 32.2 Å². The van der Waals surface area contributed by atoms with Crippen LogP contribution in [0.5, 0.6) is 0 Å². The van der Waals surface area contributed by atoms with Gasteiger partial charge in [-0.2, -0.15) is 0 Å². The van der Waals surface area contributed by atoms with Crippen LogP contribution in [-0.4, -0.2) is 13.1 Å². The van der Waals surface area contributed by atoms with Crippen molar-refractivity contribution in [1.82, 2.24) is 5.32 Å². The molecule has 0 aromatic heterocycles. The summed E-state index contributed by atoms with van der Waals surface area (Å²) in [6.07, 6.45) is 3.55. The lowest BCUT2D eigenvalue weighted by molar-refractivity contribution is 0.517. The third-order valence-corrected chi connectivity index (χ3v) is 1.57. The summed E-state index contributed by atoms with van der Waals surface area (Å²) in [6.45, 7) is 11.0. The summed E-state index contributed by atoms with van der Waals surface area (Å²) >= 11 is 3.67. The molecule has 0 saturated carbocycles. The number of hydrogen-bond acceptors (Lipinski definition) is 3. The standard InChI is InChI=1S/C9H15NOS/c1-4-6-9(7-10-5-2)8(3)11-12/h4,6,10,12H,1,3,5,7H2,2H3/b9-6-. The van der Waals surface area contributed by atoms with Gasteiger partial charge in [0.05, 0.1) is 0 Å². The SMILES string of the molecule is C=C/C=C(/CNCC)C(=C)OS. The Hall–Kier alpha value is -0.670. The highest BCUT2D eigenvalue weighted by molar-refractivity contribution is 7.75. The fourth-order valence-electron chi connectivity index (χ4n) is 0.711. The summed E-state index contributed by atoms with van der Waals surface area (Å²) in [6, 6.07) is 0. The second-order valence-corrected chi connectivity index (χ2v) is 2.40. The van der Waals surface area contributed by atoms with E-state index >= 15 is 0 Å². The topological polar surface area (TPSA) is 21.3 Å². The summed E-state index contributed by atoms with van der Waals surface area (Å²) in [5.74, 6) is 0.555. The summed E-state index contributed by atoms with van der Waals surface area (Å²) in [5, 5.41) is 3.16. The van der Waals surface area contributed by atoms with Gasteiger partial charge in [-0.15, -0.1) is 0 Å². The second kappa shape index (κ2) is 7.00. The molecule has 1 N–H and O–H groups in total. The van der Waals surface area contributed by atoms with Gasteiger partial charge in [-0.05, 0) is 6.54 Å². The van der Waals surface area contributed by atoms with E-state index in [9.17, 15) is 0 Å². The summed E-state index contributed by atoms with van der Waals surface area (Å²) in [4.78, 5) is 0. The third kappa shape index (κ3) is 4.26. The molecule has 0 unspecified atom stereocenters. The Kier molecular flexibility index (Phi) is 6.61. The first-order valence-corrected chi connectivity index (χ1v) is 4.15. The van der Waals surface area contributed by atoms with Gasteiger partial charge in [-0.25, -0.2) is 0 Å². The Morgan fingerprint density at radius 3 is 2.75 bits per heavy atom. The molecule has 0 heterocycles. The number of thiol groups is 1. The van der Waals surface area contributed by atoms with Crippen LogP contribution in [0, 0.1) is 0 Å². The van der Waals surface area contributed by atoms with Crippen LogP contribution < -0.4 is 5.32 Å². The minimum Gasteiger partial charge on any atom is -0.429 e. The summed E-state index contributed by atoms with van der Waals surface area (Å²) in [7, 11) is 0. The average Bonchev–Trinajstić information content (AvgIpc) is 2.11. The zero-order valence-corrected chi connectivity index (χ0v) is 8.23. The van der Waals surface area contributed by atoms with E-state index < -0.39 is 0 Å². The molecule has 0 radical (unpaired) electrons. The molecule has 0 aromatic rings. The molecule has 0 bridgehead atoms. The molecule has 0 saturated heterocycles. The van der Waals surface area contributed by atoms with E-state index in [4.69, 9.17) is 4.18 Å². The third-order valence-electron chi connectivity index (χ3n) is 1.35. The molecule has 0 spiro atoms. The highest BCUT2D eigenvalue weighted by Crippen LogP contribution is 2.09. The molecule has 0 aliphatic heterocycles. The number of rotatable bonds is 6. The lowest BCUT2D eigenvalue weighted by Crippen LogP contribution is -2.16. The predicted octanol–water partition coefficient (Wildman–Crippen LogP) is 2.08. The maximum absolute atomic E-state index is 4.71. The van der Waals surface area contributed by atoms with Crippen LogP contribution in [0.2, 0.25) is 0 Å². The van der Waals surface area contributed by atoms with Crippen molar-refractivity contribution in [2.75, 3.05) is 13.1 Å². The van der Waals surface area contributed by atoms with E-state index in [1.807, 2.05) is 13.0 Å². The van der Waals surface area contributed by atoms with E-state index in [0.717, 1.165) is 18.7 Å². The monoisotopic (exact) mass is 185 g/mol. The van der Waals surface area contributed by atoms with Crippen molar-refractivity contribution in [2.24, 2.45) is 0 Å². The predicted molar refractivity (Wildman–Crippen MR) is 56.0 cm³/mol. The average molecular weight is 185 g/mol. The van der Waals surface area contributed by atoms with Crippen LogP contribution in [-0.2, 0) is 4.18 Å². The number of likely N-dealkylation sites (N-methyl/N-ethyl adjacent to an activating group) is 1. The van der Waals surface area contributed by atoms with Gasteiger partial charge in [0.1, 0.15) is 5.76 Å². The van der Waals surface area contributed by atoms with Gasteiger partial charge in [0.2, 0.25) is 0 Å². The van der Waals surface area contributed by atoms with Crippen molar-refractivity contribution in [2.45, 2.75) is 6.92 Å². The number of nitrogens with one attached hydrogen (secondary N) is 1. The van der Waals surface area contributed by atoms with Gasteiger partial charge in [-0.3, -0.25) is 0 Å². The zero-order chi connectivity index (χ0) is 9.40. The smallest absolute Gasteiger partial charge is 0.134 e. The van der Waals surface area contributed by atoms with Crippen LogP contribution in [0.25, 0.3) is 0 Å². The maximum Gasteiger partial charge on any atom is 0.134 e. The first-order chi connectivity index (χ1) is 5.76. The highest BCUT2D eigenvalue weighted by atomic mass is 32.1. The van der Waals surface area contributed by atoms with Crippen LogP contribution in [0.3, 0.4) is 0 Å². The van der Waals surface area contributed by atoms with E-state index in [2.05, 4.69) is 31.4 Å². The van der Waals surface area contributed by atoms with Crippen LogP contribution in [0.4, 0.5) is 0 Å². The van der Waals surface area contributed by atoms with Gasteiger partial charge in [0.25, 0.3) is 0 Å². The highest BCUT2D eigenvalue weighted by Gasteiger charge is 2.00. The van der Waals surface area contributed by atoms with Crippen molar-refractivity contribution in [3.8, 4) is 0 Å². The summed E-state index contributed by atoms with van der Waals surface area (Å²) in [5.41, 5.74) is 0.960. The van der Waals surface area contributed by atoms with Crippen molar-refractivity contribution in [1.29, 1.82) is 0 Å². The minimum absolute atomic E-state index is 0.555. The van der Waals surface area contributed by atoms with Crippen LogP contribution in [0.1, 0.15) is 6.92 Å². The Morgan fingerprint density at radius 2 is 2.33 bits per heavy atom. The molecule has 3 heteroatoms. The first kappa shape index (κ1) is 11.3. The molecular weight excluding hydrogens is 170 g/mol. The van der Waals surface area contributed by atoms with Gasteiger partial charge < -0.3 is 9.50 Å². The lowest BCUT2D eigenvalue weighted by atomic mass is 10.2.